The standard InChI is InChI=1S/C30H46N8O5/c31-36-34-25-8-3-1-6-22(25)20-30(29(40)38-14-18-41-19-15-38)27(24-7-2-4-9-26(24)35-37-32)43-28(33-30)21-10-12-23(13-11-21)42-17-5-16-39/h21-23,25,27,39H,1-20H2/t21?,22?,23?,25?,27-,30-/m1/s1. The first-order chi connectivity index (χ1) is 21.1. The van der Waals surface area contributed by atoms with E-state index in [4.69, 9.17) is 24.3 Å². The van der Waals surface area contributed by atoms with E-state index in [1.807, 2.05) is 4.90 Å². The number of hydrogen-bond donors (Lipinski definition) is 1. The van der Waals surface area contributed by atoms with Crippen LogP contribution in [0, 0.1) is 11.8 Å². The third-order valence-corrected chi connectivity index (χ3v) is 9.93. The van der Waals surface area contributed by atoms with Crippen molar-refractivity contribution in [3.05, 3.63) is 32.2 Å². The average molecular weight is 599 g/mol. The van der Waals surface area contributed by atoms with Crippen LogP contribution in [0.4, 0.5) is 0 Å². The summed E-state index contributed by atoms with van der Waals surface area (Å²) >= 11 is 0. The number of azide groups is 2. The summed E-state index contributed by atoms with van der Waals surface area (Å²) in [6.07, 6.45) is 10.8. The van der Waals surface area contributed by atoms with E-state index >= 15 is 0 Å². The topological polar surface area (TPSA) is 178 Å². The molecule has 5 aliphatic rings. The second-order valence-electron chi connectivity index (χ2n) is 12.6. The molecule has 2 aliphatic heterocycles. The van der Waals surface area contributed by atoms with Gasteiger partial charge in [0.1, 0.15) is 0 Å². The Morgan fingerprint density at radius 3 is 2.56 bits per heavy atom. The second-order valence-corrected chi connectivity index (χ2v) is 12.6. The Bertz CT molecular complexity index is 1140. The van der Waals surface area contributed by atoms with Crippen LogP contribution < -0.4 is 0 Å². The molecule has 4 atom stereocenters. The van der Waals surface area contributed by atoms with Crippen LogP contribution in [0.5, 0.6) is 0 Å². The number of aliphatic imine (C=N–C) groups is 1. The minimum atomic E-state index is -1.23. The second kappa shape index (κ2) is 15.3. The fourth-order valence-electron chi connectivity index (χ4n) is 7.69. The molecule has 1 N–H and O–H groups in total. The van der Waals surface area contributed by atoms with E-state index in [2.05, 4.69) is 20.1 Å². The Kier molecular flexibility index (Phi) is 11.2. The van der Waals surface area contributed by atoms with Crippen molar-refractivity contribution in [2.75, 3.05) is 39.5 Å². The van der Waals surface area contributed by atoms with Gasteiger partial charge in [0, 0.05) is 53.8 Å². The summed E-state index contributed by atoms with van der Waals surface area (Å²) in [6.45, 7) is 2.59. The predicted octanol–water partition coefficient (Wildman–Crippen LogP) is 5.74. The average Bonchev–Trinajstić information content (AvgIpc) is 3.43. The van der Waals surface area contributed by atoms with Gasteiger partial charge >= 0.3 is 0 Å². The first-order valence-electron chi connectivity index (χ1n) is 16.3. The molecule has 1 amide bonds. The van der Waals surface area contributed by atoms with Crippen LogP contribution >= 0.6 is 0 Å². The summed E-state index contributed by atoms with van der Waals surface area (Å²) in [5.41, 5.74) is 19.1. The molecule has 2 unspecified atom stereocenters. The van der Waals surface area contributed by atoms with Crippen LogP contribution in [-0.4, -0.2) is 85.1 Å². The number of rotatable bonds is 11. The number of carbonyl (C=O) groups is 1. The molecular weight excluding hydrogens is 552 g/mol. The molecule has 0 aromatic carbocycles. The molecule has 13 heteroatoms. The van der Waals surface area contributed by atoms with E-state index in [1.165, 1.54) is 0 Å². The first-order valence-corrected chi connectivity index (χ1v) is 16.3. The summed E-state index contributed by atoms with van der Waals surface area (Å²) in [6, 6.07) is -0.198. The largest absolute Gasteiger partial charge is 0.470 e. The zero-order valence-electron chi connectivity index (χ0n) is 25.2. The van der Waals surface area contributed by atoms with Crippen LogP contribution in [-0.2, 0) is 19.0 Å². The molecule has 5 rings (SSSR count). The fraction of sp³-hybridized carbons (Fsp3) is 0.867. The monoisotopic (exact) mass is 598 g/mol. The normalized spacial score (nSPS) is 33.2. The van der Waals surface area contributed by atoms with Gasteiger partial charge in [-0.3, -0.25) is 4.79 Å². The smallest absolute Gasteiger partial charge is 0.255 e. The van der Waals surface area contributed by atoms with Crippen molar-refractivity contribution < 1.29 is 24.1 Å². The summed E-state index contributed by atoms with van der Waals surface area (Å²) < 4.78 is 18.4. The number of hydrogen-bond acceptors (Lipinski definition) is 8. The van der Waals surface area contributed by atoms with Crippen LogP contribution in [0.3, 0.4) is 0 Å². The summed E-state index contributed by atoms with van der Waals surface area (Å²) in [5.74, 6) is 0.605. The lowest BCUT2D eigenvalue weighted by molar-refractivity contribution is -0.144. The van der Waals surface area contributed by atoms with Gasteiger partial charge in [0.2, 0.25) is 0 Å². The molecule has 236 valence electrons. The van der Waals surface area contributed by atoms with E-state index in [9.17, 15) is 15.9 Å². The number of ether oxygens (including phenoxy) is 3. The highest BCUT2D eigenvalue weighted by atomic mass is 16.5. The molecule has 0 spiro atoms. The highest BCUT2D eigenvalue weighted by Gasteiger charge is 2.58. The van der Waals surface area contributed by atoms with Crippen molar-refractivity contribution in [2.45, 2.75) is 114 Å². The van der Waals surface area contributed by atoms with Crippen LogP contribution in [0.15, 0.2) is 26.5 Å². The number of aliphatic hydroxyl groups excluding tert-OH is 1. The Balaban J connectivity index is 1.53. The lowest BCUT2D eigenvalue weighted by Crippen LogP contribution is -2.58. The molecule has 13 nitrogen and oxygen atoms in total. The number of morpholine rings is 1. The molecule has 3 aliphatic carbocycles. The zero-order valence-corrected chi connectivity index (χ0v) is 25.2. The van der Waals surface area contributed by atoms with Crippen LogP contribution in [0.2, 0.25) is 0 Å². The first kappa shape index (κ1) is 31.6. The van der Waals surface area contributed by atoms with Gasteiger partial charge in [-0.05, 0) is 99.6 Å². The number of nitrogens with zero attached hydrogens (tertiary/aromatic N) is 8. The summed E-state index contributed by atoms with van der Waals surface area (Å²) in [7, 11) is 0. The van der Waals surface area contributed by atoms with Crippen LogP contribution in [0.25, 0.3) is 20.9 Å². The fourth-order valence-corrected chi connectivity index (χ4v) is 7.69. The molecule has 2 heterocycles. The minimum absolute atomic E-state index is 0.00777. The molecule has 0 radical (unpaired) electrons. The Morgan fingerprint density at radius 1 is 1.05 bits per heavy atom. The maximum Gasteiger partial charge on any atom is 0.255 e. The predicted molar refractivity (Wildman–Crippen MR) is 160 cm³/mol. The van der Waals surface area contributed by atoms with Gasteiger partial charge in [-0.1, -0.05) is 23.1 Å². The molecule has 1 saturated heterocycles. The van der Waals surface area contributed by atoms with Crippen molar-refractivity contribution in [2.24, 2.45) is 27.1 Å². The van der Waals surface area contributed by atoms with E-state index in [0.717, 1.165) is 69.8 Å². The molecule has 3 fully saturated rings. The Hall–Kier alpha value is -2.82. The third-order valence-electron chi connectivity index (χ3n) is 9.93. The van der Waals surface area contributed by atoms with Crippen molar-refractivity contribution in [1.82, 2.24) is 4.90 Å². The Labute approximate surface area is 253 Å². The van der Waals surface area contributed by atoms with E-state index < -0.39 is 11.6 Å². The summed E-state index contributed by atoms with van der Waals surface area (Å²) in [5, 5.41) is 17.4. The quantitative estimate of drug-likeness (QED) is 0.138. The van der Waals surface area contributed by atoms with Crippen molar-refractivity contribution >= 4 is 11.8 Å². The van der Waals surface area contributed by atoms with Gasteiger partial charge in [0.05, 0.1) is 19.3 Å². The van der Waals surface area contributed by atoms with Gasteiger partial charge in [-0.25, -0.2) is 4.99 Å². The third kappa shape index (κ3) is 7.29. The van der Waals surface area contributed by atoms with E-state index in [-0.39, 0.29) is 36.5 Å². The number of carbonyl (C=O) groups excluding carboxylic acids is 1. The minimum Gasteiger partial charge on any atom is -0.470 e. The number of aliphatic hydroxyl groups is 1. The lowest BCUT2D eigenvalue weighted by atomic mass is 9.71. The van der Waals surface area contributed by atoms with Gasteiger partial charge < -0.3 is 24.2 Å². The zero-order chi connectivity index (χ0) is 30.1. The Morgan fingerprint density at radius 2 is 1.81 bits per heavy atom. The van der Waals surface area contributed by atoms with Gasteiger partial charge in [-0.15, -0.1) is 0 Å². The van der Waals surface area contributed by atoms with Crippen molar-refractivity contribution in [3.8, 4) is 0 Å². The van der Waals surface area contributed by atoms with Gasteiger partial charge in [-0.2, -0.15) is 0 Å². The maximum atomic E-state index is 14.8. The van der Waals surface area contributed by atoms with E-state index in [1.54, 1.807) is 0 Å². The number of amides is 1. The molecule has 0 aromatic rings. The highest BCUT2D eigenvalue weighted by Crippen LogP contribution is 2.47. The summed E-state index contributed by atoms with van der Waals surface area (Å²) in [4.78, 5) is 28.3. The molecule has 0 bridgehead atoms. The van der Waals surface area contributed by atoms with Crippen LogP contribution in [0.1, 0.15) is 89.9 Å². The molecular formula is C30H46N8O5. The maximum absolute atomic E-state index is 14.8. The molecule has 2 saturated carbocycles. The highest BCUT2D eigenvalue weighted by molar-refractivity contribution is 5.95. The van der Waals surface area contributed by atoms with Crippen molar-refractivity contribution in [3.63, 3.8) is 0 Å². The lowest BCUT2D eigenvalue weighted by Gasteiger charge is -2.41. The molecule has 43 heavy (non-hydrogen) atoms. The number of allylic oxidation sites excluding steroid dienone is 1. The van der Waals surface area contributed by atoms with Crippen molar-refractivity contribution in [1.29, 1.82) is 0 Å². The van der Waals surface area contributed by atoms with Gasteiger partial charge in [0.15, 0.2) is 17.5 Å². The van der Waals surface area contributed by atoms with E-state index in [0.29, 0.717) is 70.2 Å². The molecule has 0 aromatic heterocycles. The van der Waals surface area contributed by atoms with Gasteiger partial charge in [0.25, 0.3) is 5.91 Å². The SMILES string of the molecule is [N-]=[N+]=NC1=C([C@H]2OC(C3CCC(OCCCO)CC3)=N[C@@]2(CC2CCCCC2N=[N+]=[N-])C(=O)N2CCOCC2)CCCC1.